The first kappa shape index (κ1) is 8.78. The quantitative estimate of drug-likeness (QED) is 0.658. The number of aromatic nitrogens is 4. The van der Waals surface area contributed by atoms with E-state index < -0.39 is 0 Å². The van der Waals surface area contributed by atoms with Crippen LogP contribution in [0.25, 0.3) is 22.6 Å². The van der Waals surface area contributed by atoms with Crippen LogP contribution in [-0.2, 0) is 0 Å². The fraction of sp³-hybridized carbons (Fsp3) is 0. The molecule has 0 unspecified atom stereocenters. The van der Waals surface area contributed by atoms with Crippen molar-refractivity contribution in [3.05, 3.63) is 30.5 Å². The molecule has 0 spiro atoms. The Morgan fingerprint density at radius 3 is 2.56 bits per heavy atom. The van der Waals surface area contributed by atoms with Crippen LogP contribution in [0.15, 0.2) is 35.1 Å². The first-order chi connectivity index (χ1) is 7.83. The Morgan fingerprint density at radius 2 is 1.75 bits per heavy atom. The summed E-state index contributed by atoms with van der Waals surface area (Å²) in [6.07, 6.45) is 1.58. The van der Waals surface area contributed by atoms with E-state index in [9.17, 15) is 0 Å². The summed E-state index contributed by atoms with van der Waals surface area (Å²) in [5.41, 5.74) is 2.24. The van der Waals surface area contributed by atoms with Crippen LogP contribution in [0, 0.1) is 0 Å². The van der Waals surface area contributed by atoms with E-state index >= 15 is 0 Å². The SMILES string of the molecule is Oc1ccc(-c2cnc3nonc3n2)cc1. The minimum atomic E-state index is 0.209. The maximum atomic E-state index is 9.17. The average Bonchev–Trinajstić information content (AvgIpc) is 2.77. The molecule has 2 heterocycles. The summed E-state index contributed by atoms with van der Waals surface area (Å²) in [6.45, 7) is 0. The Kier molecular flexibility index (Phi) is 1.79. The number of fused-ring (bicyclic) bond motifs is 1. The molecule has 0 amide bonds. The van der Waals surface area contributed by atoms with Gasteiger partial charge in [-0.15, -0.1) is 0 Å². The molecule has 0 aliphatic heterocycles. The standard InChI is InChI=1S/C10H6N4O2/c15-7-3-1-6(2-4-7)8-5-11-9-10(12-8)14-16-13-9/h1-5,15H. The summed E-state index contributed by atoms with van der Waals surface area (Å²) >= 11 is 0. The van der Waals surface area contributed by atoms with Gasteiger partial charge in [0.1, 0.15) is 5.75 Å². The third kappa shape index (κ3) is 1.36. The Hall–Kier alpha value is -2.50. The maximum Gasteiger partial charge on any atom is 0.243 e. The molecule has 78 valence electrons. The Morgan fingerprint density at radius 1 is 1.00 bits per heavy atom. The van der Waals surface area contributed by atoms with Crippen molar-refractivity contribution in [2.75, 3.05) is 0 Å². The highest BCUT2D eigenvalue weighted by Gasteiger charge is 2.06. The van der Waals surface area contributed by atoms with Crippen molar-refractivity contribution in [1.82, 2.24) is 20.3 Å². The number of phenols is 1. The van der Waals surface area contributed by atoms with E-state index in [2.05, 4.69) is 24.9 Å². The van der Waals surface area contributed by atoms with Crippen LogP contribution < -0.4 is 0 Å². The lowest BCUT2D eigenvalue weighted by Gasteiger charge is -1.98. The van der Waals surface area contributed by atoms with Gasteiger partial charge in [-0.1, -0.05) is 0 Å². The van der Waals surface area contributed by atoms with Gasteiger partial charge >= 0.3 is 0 Å². The van der Waals surface area contributed by atoms with Crippen LogP contribution in [0.5, 0.6) is 5.75 Å². The molecule has 0 aliphatic rings. The van der Waals surface area contributed by atoms with Crippen LogP contribution >= 0.6 is 0 Å². The number of benzene rings is 1. The van der Waals surface area contributed by atoms with Gasteiger partial charge in [0.25, 0.3) is 0 Å². The molecule has 0 fully saturated rings. The lowest BCUT2D eigenvalue weighted by Crippen LogP contribution is -1.87. The number of nitrogens with zero attached hydrogens (tertiary/aromatic N) is 4. The second-order valence-electron chi connectivity index (χ2n) is 3.21. The van der Waals surface area contributed by atoms with Gasteiger partial charge in [-0.2, -0.15) is 0 Å². The van der Waals surface area contributed by atoms with E-state index in [-0.39, 0.29) is 5.75 Å². The summed E-state index contributed by atoms with van der Waals surface area (Å²) in [5.74, 6) is 0.209. The fourth-order valence-electron chi connectivity index (χ4n) is 1.37. The van der Waals surface area contributed by atoms with E-state index in [1.165, 1.54) is 0 Å². The summed E-state index contributed by atoms with van der Waals surface area (Å²) in [7, 11) is 0. The highest BCUT2D eigenvalue weighted by molar-refractivity contribution is 5.69. The predicted molar refractivity (Wildman–Crippen MR) is 54.5 cm³/mol. The lowest BCUT2D eigenvalue weighted by atomic mass is 10.1. The topological polar surface area (TPSA) is 84.9 Å². The number of aromatic hydroxyl groups is 1. The van der Waals surface area contributed by atoms with Crippen LogP contribution in [0.2, 0.25) is 0 Å². The van der Waals surface area contributed by atoms with Crippen molar-refractivity contribution in [3.8, 4) is 17.0 Å². The van der Waals surface area contributed by atoms with Crippen molar-refractivity contribution < 1.29 is 9.74 Å². The summed E-state index contributed by atoms with van der Waals surface area (Å²) < 4.78 is 4.51. The third-order valence-corrected chi connectivity index (χ3v) is 2.15. The Labute approximate surface area is 89.5 Å². The van der Waals surface area contributed by atoms with Crippen molar-refractivity contribution in [2.24, 2.45) is 0 Å². The third-order valence-electron chi connectivity index (χ3n) is 2.15. The van der Waals surface area contributed by atoms with Gasteiger partial charge < -0.3 is 5.11 Å². The van der Waals surface area contributed by atoms with Gasteiger partial charge in [0.15, 0.2) is 0 Å². The molecule has 0 bridgehead atoms. The zero-order valence-corrected chi connectivity index (χ0v) is 8.03. The molecular weight excluding hydrogens is 208 g/mol. The summed E-state index contributed by atoms with van der Waals surface area (Å²) in [6, 6.07) is 6.67. The van der Waals surface area contributed by atoms with E-state index in [0.29, 0.717) is 17.0 Å². The van der Waals surface area contributed by atoms with E-state index in [4.69, 9.17) is 5.11 Å². The van der Waals surface area contributed by atoms with Gasteiger partial charge in [-0.25, -0.2) is 14.6 Å². The molecule has 16 heavy (non-hydrogen) atoms. The first-order valence-electron chi connectivity index (χ1n) is 4.58. The zero-order valence-electron chi connectivity index (χ0n) is 8.03. The number of hydrogen-bond acceptors (Lipinski definition) is 6. The summed E-state index contributed by atoms with van der Waals surface area (Å²) in [5, 5.41) is 16.4. The number of rotatable bonds is 1. The Balaban J connectivity index is 2.14. The molecule has 1 aromatic carbocycles. The van der Waals surface area contributed by atoms with Crippen molar-refractivity contribution in [1.29, 1.82) is 0 Å². The molecule has 6 heteroatoms. The molecule has 0 aliphatic carbocycles. The zero-order chi connectivity index (χ0) is 11.0. The maximum absolute atomic E-state index is 9.17. The molecule has 0 saturated carbocycles. The second-order valence-corrected chi connectivity index (χ2v) is 3.21. The van der Waals surface area contributed by atoms with Crippen molar-refractivity contribution >= 4 is 11.3 Å². The predicted octanol–water partition coefficient (Wildman–Crippen LogP) is 1.39. The summed E-state index contributed by atoms with van der Waals surface area (Å²) in [4.78, 5) is 8.27. The van der Waals surface area contributed by atoms with Gasteiger partial charge in [0, 0.05) is 5.56 Å². The minimum Gasteiger partial charge on any atom is -0.508 e. The first-order valence-corrected chi connectivity index (χ1v) is 4.58. The van der Waals surface area contributed by atoms with Gasteiger partial charge in [-0.05, 0) is 34.6 Å². The molecule has 0 saturated heterocycles. The fourth-order valence-corrected chi connectivity index (χ4v) is 1.37. The number of hydrogen-bond donors (Lipinski definition) is 1. The van der Waals surface area contributed by atoms with Gasteiger partial charge in [-0.3, -0.25) is 0 Å². The lowest BCUT2D eigenvalue weighted by molar-refractivity contribution is 0.314. The van der Waals surface area contributed by atoms with Gasteiger partial charge in [0.05, 0.1) is 11.9 Å². The molecule has 0 radical (unpaired) electrons. The van der Waals surface area contributed by atoms with E-state index in [1.54, 1.807) is 30.5 Å². The van der Waals surface area contributed by atoms with Crippen molar-refractivity contribution in [2.45, 2.75) is 0 Å². The highest BCUT2D eigenvalue weighted by atomic mass is 16.6. The Bertz CT molecular complexity index is 633. The van der Waals surface area contributed by atoms with Crippen molar-refractivity contribution in [3.63, 3.8) is 0 Å². The normalized spacial score (nSPS) is 10.8. The monoisotopic (exact) mass is 214 g/mol. The van der Waals surface area contributed by atoms with E-state index in [0.717, 1.165) is 5.56 Å². The molecule has 6 nitrogen and oxygen atoms in total. The molecule has 3 aromatic rings. The smallest absolute Gasteiger partial charge is 0.243 e. The minimum absolute atomic E-state index is 0.209. The van der Waals surface area contributed by atoms with Gasteiger partial charge in [0.2, 0.25) is 11.3 Å². The van der Waals surface area contributed by atoms with Crippen LogP contribution in [0.1, 0.15) is 0 Å². The molecule has 0 atom stereocenters. The van der Waals surface area contributed by atoms with Crippen LogP contribution in [0.4, 0.5) is 0 Å². The highest BCUT2D eigenvalue weighted by Crippen LogP contribution is 2.20. The number of phenolic OH excluding ortho intramolecular Hbond substituents is 1. The van der Waals surface area contributed by atoms with Crippen LogP contribution in [-0.4, -0.2) is 25.4 Å². The van der Waals surface area contributed by atoms with E-state index in [1.807, 2.05) is 0 Å². The molecule has 2 aromatic heterocycles. The average molecular weight is 214 g/mol. The largest absolute Gasteiger partial charge is 0.508 e. The molecule has 1 N–H and O–H groups in total. The molecule has 3 rings (SSSR count). The van der Waals surface area contributed by atoms with Crippen LogP contribution in [0.3, 0.4) is 0 Å². The molecular formula is C10H6N4O2. The second kappa shape index (κ2) is 3.27.